The van der Waals surface area contributed by atoms with Crippen LogP contribution < -0.4 is 5.14 Å². The van der Waals surface area contributed by atoms with Crippen LogP contribution in [0.3, 0.4) is 0 Å². The van der Waals surface area contributed by atoms with E-state index in [1.165, 1.54) is 12.1 Å². The third-order valence-electron chi connectivity index (χ3n) is 3.63. The first-order valence-electron chi connectivity index (χ1n) is 6.36. The van der Waals surface area contributed by atoms with Crippen molar-refractivity contribution in [2.24, 2.45) is 5.14 Å². The van der Waals surface area contributed by atoms with Gasteiger partial charge in [0.05, 0.1) is 15.7 Å². The lowest BCUT2D eigenvalue weighted by Crippen LogP contribution is -2.40. The summed E-state index contributed by atoms with van der Waals surface area (Å²) in [5.74, 6) is -1.86. The maximum atomic E-state index is 14.0. The van der Waals surface area contributed by atoms with Crippen LogP contribution in [0, 0.1) is 11.6 Å². The van der Waals surface area contributed by atoms with Gasteiger partial charge in [-0.2, -0.15) is 0 Å². The maximum Gasteiger partial charge on any atom is 0.162 e. The van der Waals surface area contributed by atoms with E-state index < -0.39 is 32.8 Å². The molecule has 0 fully saturated rings. The van der Waals surface area contributed by atoms with Gasteiger partial charge < -0.3 is 5.11 Å². The zero-order valence-corrected chi connectivity index (χ0v) is 12.8. The van der Waals surface area contributed by atoms with Gasteiger partial charge in [0.1, 0.15) is 0 Å². The molecular weight excluding hydrogens is 284 g/mol. The maximum absolute atomic E-state index is 14.0. The second-order valence-corrected chi connectivity index (χ2v) is 7.57. The van der Waals surface area contributed by atoms with Crippen LogP contribution in [0.15, 0.2) is 18.2 Å². The van der Waals surface area contributed by atoms with Crippen LogP contribution in [-0.4, -0.2) is 20.7 Å². The lowest BCUT2D eigenvalue weighted by Gasteiger charge is -2.36. The van der Waals surface area contributed by atoms with Gasteiger partial charge >= 0.3 is 0 Å². The van der Waals surface area contributed by atoms with Crippen molar-refractivity contribution >= 4 is 11.0 Å². The van der Waals surface area contributed by atoms with Gasteiger partial charge in [-0.25, -0.2) is 13.0 Å². The summed E-state index contributed by atoms with van der Waals surface area (Å²) >= 11 is 0. The summed E-state index contributed by atoms with van der Waals surface area (Å²) in [6.07, 6.45) is 0.498. The molecule has 0 aliphatic rings. The van der Waals surface area contributed by atoms with E-state index >= 15 is 0 Å². The highest BCUT2D eigenvalue weighted by molar-refractivity contribution is 7.84. The number of benzene rings is 1. The number of halogens is 2. The molecule has 0 spiro atoms. The minimum atomic E-state index is -1.61. The van der Waals surface area contributed by atoms with Crippen LogP contribution in [-0.2, 0) is 16.4 Å². The minimum absolute atomic E-state index is 0.171. The standard InChI is InChI=1S/C14H21F2NO2S/c1-13(2,20(17)19)9-14(3,7-8-18)10-5-4-6-11(15)12(10)16/h4-6,18H,7-9,17H2,1-3H3/t14-,20?/m0/s1. The van der Waals surface area contributed by atoms with Crippen molar-refractivity contribution in [3.05, 3.63) is 35.4 Å². The molecule has 0 aliphatic heterocycles. The lowest BCUT2D eigenvalue weighted by molar-refractivity contribution is 0.226. The van der Waals surface area contributed by atoms with Gasteiger partial charge in [-0.15, -0.1) is 0 Å². The molecule has 3 N–H and O–H groups in total. The van der Waals surface area contributed by atoms with Gasteiger partial charge in [0, 0.05) is 6.61 Å². The number of aliphatic hydroxyl groups excluding tert-OH is 1. The molecule has 2 atom stereocenters. The lowest BCUT2D eigenvalue weighted by atomic mass is 9.73. The molecule has 0 heterocycles. The van der Waals surface area contributed by atoms with Gasteiger partial charge in [-0.3, -0.25) is 5.14 Å². The highest BCUT2D eigenvalue weighted by atomic mass is 32.2. The SMILES string of the molecule is CC(C)(C[C@](C)(CCO)c1cccc(F)c1F)S(N)=O. The quantitative estimate of drug-likeness (QED) is 0.847. The van der Waals surface area contributed by atoms with Gasteiger partial charge in [-0.1, -0.05) is 19.1 Å². The molecule has 0 aromatic heterocycles. The summed E-state index contributed by atoms with van der Waals surface area (Å²) in [5, 5.41) is 14.7. The van der Waals surface area contributed by atoms with E-state index in [0.717, 1.165) is 6.07 Å². The third kappa shape index (κ3) is 3.62. The number of aliphatic hydroxyl groups is 1. The molecule has 114 valence electrons. The van der Waals surface area contributed by atoms with Crippen molar-refractivity contribution < 1.29 is 18.1 Å². The fourth-order valence-electron chi connectivity index (χ4n) is 2.55. The molecule has 0 aliphatic carbocycles. The summed E-state index contributed by atoms with van der Waals surface area (Å²) in [6, 6.07) is 3.96. The highest BCUT2D eigenvalue weighted by Gasteiger charge is 2.38. The molecule has 0 amide bonds. The fourth-order valence-corrected chi connectivity index (χ4v) is 3.01. The predicted octanol–water partition coefficient (Wildman–Crippen LogP) is 2.40. The van der Waals surface area contributed by atoms with E-state index in [0.29, 0.717) is 0 Å². The molecule has 6 heteroatoms. The molecular formula is C14H21F2NO2S. The van der Waals surface area contributed by atoms with Crippen LogP contribution in [0.25, 0.3) is 0 Å². The Morgan fingerprint density at radius 1 is 1.30 bits per heavy atom. The van der Waals surface area contributed by atoms with Crippen molar-refractivity contribution in [1.29, 1.82) is 0 Å². The topological polar surface area (TPSA) is 63.3 Å². The van der Waals surface area contributed by atoms with Crippen molar-refractivity contribution in [2.75, 3.05) is 6.61 Å². The smallest absolute Gasteiger partial charge is 0.162 e. The van der Waals surface area contributed by atoms with E-state index in [1.807, 2.05) is 0 Å². The summed E-state index contributed by atoms with van der Waals surface area (Å²) in [7, 11) is -1.61. The average molecular weight is 305 g/mol. The van der Waals surface area contributed by atoms with Crippen LogP contribution in [0.1, 0.15) is 39.2 Å². The monoisotopic (exact) mass is 305 g/mol. The van der Waals surface area contributed by atoms with E-state index in [9.17, 15) is 18.1 Å². The molecule has 3 nitrogen and oxygen atoms in total. The molecule has 0 saturated carbocycles. The zero-order valence-electron chi connectivity index (χ0n) is 12.0. The summed E-state index contributed by atoms with van der Waals surface area (Å²) < 4.78 is 38.3. The summed E-state index contributed by atoms with van der Waals surface area (Å²) in [6.45, 7) is 4.95. The molecule has 0 bridgehead atoms. The Hall–Kier alpha value is -0.850. The second-order valence-electron chi connectivity index (χ2n) is 5.87. The first-order valence-corrected chi connectivity index (χ1v) is 7.57. The van der Waals surface area contributed by atoms with Gasteiger partial charge in [0.2, 0.25) is 0 Å². The molecule has 0 saturated heterocycles. The summed E-state index contributed by atoms with van der Waals surface area (Å²) in [5.41, 5.74) is -0.676. The Morgan fingerprint density at radius 2 is 1.90 bits per heavy atom. The first kappa shape index (κ1) is 17.2. The van der Waals surface area contributed by atoms with Crippen LogP contribution in [0.4, 0.5) is 8.78 Å². The van der Waals surface area contributed by atoms with Gasteiger partial charge in [0.15, 0.2) is 11.6 Å². The van der Waals surface area contributed by atoms with Crippen molar-refractivity contribution in [3.63, 3.8) is 0 Å². The van der Waals surface area contributed by atoms with E-state index in [1.54, 1.807) is 20.8 Å². The van der Waals surface area contributed by atoms with Crippen molar-refractivity contribution in [2.45, 2.75) is 43.8 Å². The van der Waals surface area contributed by atoms with E-state index in [4.69, 9.17) is 5.14 Å². The van der Waals surface area contributed by atoms with E-state index in [2.05, 4.69) is 0 Å². The molecule has 1 aromatic carbocycles. The fraction of sp³-hybridized carbons (Fsp3) is 0.571. The van der Waals surface area contributed by atoms with E-state index in [-0.39, 0.29) is 25.0 Å². The highest BCUT2D eigenvalue weighted by Crippen LogP contribution is 2.38. The Balaban J connectivity index is 3.28. The Morgan fingerprint density at radius 3 is 2.40 bits per heavy atom. The predicted molar refractivity (Wildman–Crippen MR) is 76.4 cm³/mol. The third-order valence-corrected chi connectivity index (χ3v) is 4.86. The van der Waals surface area contributed by atoms with Gasteiger partial charge in [0.25, 0.3) is 0 Å². The summed E-state index contributed by atoms with van der Waals surface area (Å²) in [4.78, 5) is 0. The zero-order chi connectivity index (χ0) is 15.6. The largest absolute Gasteiger partial charge is 0.396 e. The normalized spacial score (nSPS) is 16.8. The van der Waals surface area contributed by atoms with Gasteiger partial charge in [-0.05, 0) is 43.7 Å². The second kappa shape index (κ2) is 6.28. The average Bonchev–Trinajstić information content (AvgIpc) is 2.31. The first-order chi connectivity index (χ1) is 9.14. The Labute approximate surface area is 120 Å². The Bertz CT molecular complexity index is 508. The van der Waals surface area contributed by atoms with Crippen molar-refractivity contribution in [1.82, 2.24) is 0 Å². The molecule has 1 unspecified atom stereocenters. The molecule has 20 heavy (non-hydrogen) atoms. The number of hydrogen-bond acceptors (Lipinski definition) is 2. The minimum Gasteiger partial charge on any atom is -0.396 e. The molecule has 0 radical (unpaired) electrons. The van der Waals surface area contributed by atoms with Crippen LogP contribution >= 0.6 is 0 Å². The molecule has 1 rings (SSSR count). The Kier molecular flexibility index (Phi) is 5.40. The number of hydrogen-bond donors (Lipinski definition) is 2. The van der Waals surface area contributed by atoms with Crippen LogP contribution in [0.2, 0.25) is 0 Å². The number of rotatable bonds is 6. The van der Waals surface area contributed by atoms with Crippen molar-refractivity contribution in [3.8, 4) is 0 Å². The molecule has 1 aromatic rings. The number of nitrogens with two attached hydrogens (primary N) is 1. The van der Waals surface area contributed by atoms with Crippen LogP contribution in [0.5, 0.6) is 0 Å².